The first-order valence-electron chi connectivity index (χ1n) is 10.2. The molecule has 0 aromatic heterocycles. The smallest absolute Gasteiger partial charge is 0.338 e. The zero-order valence-corrected chi connectivity index (χ0v) is 17.8. The van der Waals surface area contributed by atoms with E-state index in [0.29, 0.717) is 28.7 Å². The van der Waals surface area contributed by atoms with Crippen LogP contribution in [0.4, 0.5) is 0 Å². The molecule has 2 aromatic carbocycles. The molecule has 0 aliphatic carbocycles. The van der Waals surface area contributed by atoms with Crippen LogP contribution >= 0.6 is 0 Å². The molecule has 0 unspecified atom stereocenters. The molecule has 30 heavy (non-hydrogen) atoms. The van der Waals surface area contributed by atoms with Crippen LogP contribution in [0.5, 0.6) is 0 Å². The number of esters is 2. The molecule has 0 amide bonds. The van der Waals surface area contributed by atoms with Crippen molar-refractivity contribution in [1.29, 1.82) is 0 Å². The molecular formula is C25H28O5. The van der Waals surface area contributed by atoms with E-state index in [9.17, 15) is 14.4 Å². The molecule has 0 aliphatic rings. The second kappa shape index (κ2) is 11.7. The number of benzene rings is 2. The van der Waals surface area contributed by atoms with Crippen molar-refractivity contribution in [2.24, 2.45) is 0 Å². The van der Waals surface area contributed by atoms with E-state index in [2.05, 4.69) is 6.92 Å². The molecule has 2 rings (SSSR count). The highest BCUT2D eigenvalue weighted by Gasteiger charge is 2.24. The normalized spacial score (nSPS) is 11.4. The lowest BCUT2D eigenvalue weighted by molar-refractivity contribution is -0.133. The molecule has 2 aromatic rings. The van der Waals surface area contributed by atoms with Gasteiger partial charge in [0.1, 0.15) is 0 Å². The molecule has 0 spiro atoms. The summed E-state index contributed by atoms with van der Waals surface area (Å²) in [5.74, 6) is -1.20. The van der Waals surface area contributed by atoms with Gasteiger partial charge in [-0.25, -0.2) is 9.59 Å². The van der Waals surface area contributed by atoms with Crippen LogP contribution in [-0.2, 0) is 14.3 Å². The summed E-state index contributed by atoms with van der Waals surface area (Å²) in [6.07, 6.45) is 3.19. The minimum Gasteiger partial charge on any atom is -0.465 e. The fourth-order valence-electron chi connectivity index (χ4n) is 3.17. The number of methoxy groups -OCH3 is 1. The van der Waals surface area contributed by atoms with E-state index in [1.807, 2.05) is 6.07 Å². The Morgan fingerprint density at radius 1 is 0.800 bits per heavy atom. The fourth-order valence-corrected chi connectivity index (χ4v) is 3.17. The summed E-state index contributed by atoms with van der Waals surface area (Å²) in [6, 6.07) is 15.4. The molecule has 158 valence electrons. The van der Waals surface area contributed by atoms with Gasteiger partial charge in [0.2, 0.25) is 0 Å². The Morgan fingerprint density at radius 3 is 2.00 bits per heavy atom. The second-order valence-electron chi connectivity index (χ2n) is 6.80. The van der Waals surface area contributed by atoms with Crippen molar-refractivity contribution in [2.45, 2.75) is 39.5 Å². The van der Waals surface area contributed by atoms with Crippen molar-refractivity contribution in [3.63, 3.8) is 0 Å². The summed E-state index contributed by atoms with van der Waals surface area (Å²) in [4.78, 5) is 38.0. The molecular weight excluding hydrogens is 380 g/mol. The molecule has 0 radical (unpaired) electrons. The average molecular weight is 408 g/mol. The van der Waals surface area contributed by atoms with Gasteiger partial charge in [-0.2, -0.15) is 0 Å². The zero-order chi connectivity index (χ0) is 21.9. The third-order valence-corrected chi connectivity index (χ3v) is 4.72. The van der Waals surface area contributed by atoms with E-state index in [-0.39, 0.29) is 18.0 Å². The number of rotatable bonds is 10. The molecule has 0 saturated heterocycles. The number of hydrogen-bond acceptors (Lipinski definition) is 5. The number of carbonyl (C=O) groups is 3. The van der Waals surface area contributed by atoms with Gasteiger partial charge in [0, 0.05) is 11.1 Å². The first-order chi connectivity index (χ1) is 14.5. The van der Waals surface area contributed by atoms with Crippen LogP contribution in [0, 0.1) is 0 Å². The summed E-state index contributed by atoms with van der Waals surface area (Å²) in [5, 5.41) is 0. The van der Waals surface area contributed by atoms with Crippen LogP contribution < -0.4 is 0 Å². The number of hydrogen-bond donors (Lipinski definition) is 0. The first kappa shape index (κ1) is 23.1. The monoisotopic (exact) mass is 408 g/mol. The Labute approximate surface area is 177 Å². The third kappa shape index (κ3) is 5.89. The van der Waals surface area contributed by atoms with Gasteiger partial charge in [-0.15, -0.1) is 0 Å². The highest BCUT2D eigenvalue weighted by molar-refractivity contribution is 6.26. The van der Waals surface area contributed by atoms with Gasteiger partial charge >= 0.3 is 11.9 Å². The number of carbonyl (C=O) groups excluding carboxylic acids is 3. The Morgan fingerprint density at radius 2 is 1.43 bits per heavy atom. The maximum atomic E-state index is 13.3. The van der Waals surface area contributed by atoms with Crippen LogP contribution in [0.15, 0.2) is 60.2 Å². The minimum absolute atomic E-state index is 0.193. The number of unbranched alkanes of at least 4 members (excludes halogenated alkanes) is 2. The Bertz CT molecular complexity index is 895. The van der Waals surface area contributed by atoms with E-state index in [1.165, 1.54) is 7.11 Å². The van der Waals surface area contributed by atoms with Gasteiger partial charge in [-0.05, 0) is 37.5 Å². The van der Waals surface area contributed by atoms with Crippen molar-refractivity contribution in [3.05, 3.63) is 76.9 Å². The first-order valence-corrected chi connectivity index (χ1v) is 10.2. The second-order valence-corrected chi connectivity index (χ2v) is 6.80. The van der Waals surface area contributed by atoms with Crippen molar-refractivity contribution >= 4 is 23.3 Å². The van der Waals surface area contributed by atoms with Crippen LogP contribution in [0.25, 0.3) is 5.57 Å². The quantitative estimate of drug-likeness (QED) is 0.232. The fraction of sp³-hybridized carbons (Fsp3) is 0.320. The summed E-state index contributed by atoms with van der Waals surface area (Å²) in [5.41, 5.74) is 2.09. The van der Waals surface area contributed by atoms with E-state index < -0.39 is 11.9 Å². The summed E-state index contributed by atoms with van der Waals surface area (Å²) >= 11 is 0. The minimum atomic E-state index is -0.574. The SMILES string of the molecule is CCCCC/C(C(=O)c1ccccc1)=C(\C(=O)OC)c1ccc(C(=O)OCC)cc1. The van der Waals surface area contributed by atoms with Gasteiger partial charge in [-0.1, -0.05) is 62.2 Å². The van der Waals surface area contributed by atoms with E-state index in [4.69, 9.17) is 9.47 Å². The lowest BCUT2D eigenvalue weighted by Gasteiger charge is -2.14. The molecule has 0 fully saturated rings. The number of allylic oxidation sites excluding steroid dienone is 1. The molecule has 0 N–H and O–H groups in total. The molecule has 0 heterocycles. The predicted molar refractivity (Wildman–Crippen MR) is 116 cm³/mol. The largest absolute Gasteiger partial charge is 0.465 e. The molecule has 5 heteroatoms. The lowest BCUT2D eigenvalue weighted by Crippen LogP contribution is -2.14. The lowest BCUT2D eigenvalue weighted by atomic mass is 9.90. The van der Waals surface area contributed by atoms with Crippen molar-refractivity contribution < 1.29 is 23.9 Å². The standard InChI is InChI=1S/C25H28O5/c1-4-6-8-13-21(23(26)19-11-9-7-10-12-19)22(25(28)29-3)18-14-16-20(17-15-18)24(27)30-5-2/h7,9-12,14-17H,4-6,8,13H2,1-3H3/b22-21+. The molecule has 5 nitrogen and oxygen atoms in total. The maximum absolute atomic E-state index is 13.3. The van der Waals surface area contributed by atoms with Crippen LogP contribution in [-0.4, -0.2) is 31.4 Å². The van der Waals surface area contributed by atoms with Crippen molar-refractivity contribution in [1.82, 2.24) is 0 Å². The van der Waals surface area contributed by atoms with E-state index in [0.717, 1.165) is 19.3 Å². The van der Waals surface area contributed by atoms with Gasteiger partial charge in [0.15, 0.2) is 5.78 Å². The summed E-state index contributed by atoms with van der Waals surface area (Å²) in [7, 11) is 1.30. The van der Waals surface area contributed by atoms with Gasteiger partial charge in [0.05, 0.1) is 24.9 Å². The van der Waals surface area contributed by atoms with Crippen molar-refractivity contribution in [2.75, 3.05) is 13.7 Å². The molecule has 0 atom stereocenters. The van der Waals surface area contributed by atoms with Crippen LogP contribution in [0.3, 0.4) is 0 Å². The molecule has 0 bridgehead atoms. The molecule has 0 saturated carbocycles. The van der Waals surface area contributed by atoms with Gasteiger partial charge in [0.25, 0.3) is 0 Å². The van der Waals surface area contributed by atoms with E-state index >= 15 is 0 Å². The zero-order valence-electron chi connectivity index (χ0n) is 17.8. The van der Waals surface area contributed by atoms with E-state index in [1.54, 1.807) is 55.5 Å². The average Bonchev–Trinajstić information content (AvgIpc) is 2.78. The Balaban J connectivity index is 2.56. The van der Waals surface area contributed by atoms with Crippen molar-refractivity contribution in [3.8, 4) is 0 Å². The van der Waals surface area contributed by atoms with Gasteiger partial charge < -0.3 is 9.47 Å². The highest BCUT2D eigenvalue weighted by atomic mass is 16.5. The predicted octanol–water partition coefficient (Wildman–Crippen LogP) is 5.25. The maximum Gasteiger partial charge on any atom is 0.338 e. The van der Waals surface area contributed by atoms with Gasteiger partial charge in [-0.3, -0.25) is 4.79 Å². The number of ketones is 1. The molecule has 0 aliphatic heterocycles. The van der Waals surface area contributed by atoms with Crippen LogP contribution in [0.2, 0.25) is 0 Å². The number of ether oxygens (including phenoxy) is 2. The Kier molecular flexibility index (Phi) is 9.01. The summed E-state index contributed by atoms with van der Waals surface area (Å²) < 4.78 is 10.0. The Hall–Kier alpha value is -3.21. The number of Topliss-reactive ketones (excluding diaryl/α,β-unsaturated/α-hetero) is 1. The van der Waals surface area contributed by atoms with Crippen LogP contribution in [0.1, 0.15) is 65.8 Å². The highest BCUT2D eigenvalue weighted by Crippen LogP contribution is 2.28. The topological polar surface area (TPSA) is 69.7 Å². The summed E-state index contributed by atoms with van der Waals surface area (Å²) in [6.45, 7) is 4.10. The third-order valence-electron chi connectivity index (χ3n) is 4.72.